The van der Waals surface area contributed by atoms with Crippen molar-refractivity contribution in [3.63, 3.8) is 0 Å². The number of unbranched alkanes of at least 4 members (excludes halogenated alkanes) is 3. The number of rotatable bonds is 11. The van der Waals surface area contributed by atoms with Crippen molar-refractivity contribution in [2.45, 2.75) is 64.5 Å². The van der Waals surface area contributed by atoms with Crippen molar-refractivity contribution in [1.82, 2.24) is 5.32 Å². The Labute approximate surface area is 173 Å². The number of carbonyl (C=O) groups is 3. The van der Waals surface area contributed by atoms with Crippen LogP contribution in [0.2, 0.25) is 0 Å². The highest BCUT2D eigenvalue weighted by Gasteiger charge is 2.41. The fourth-order valence-corrected chi connectivity index (χ4v) is 4.26. The third-order valence-corrected chi connectivity index (χ3v) is 5.88. The van der Waals surface area contributed by atoms with Gasteiger partial charge in [-0.3, -0.25) is 4.79 Å². The normalized spacial score (nSPS) is 23.4. The van der Waals surface area contributed by atoms with Crippen LogP contribution in [0.15, 0.2) is 30.3 Å². The monoisotopic (exact) mass is 403 g/mol. The number of methoxy groups -OCH3 is 1. The summed E-state index contributed by atoms with van der Waals surface area (Å²) in [6, 6.07) is 9.35. The number of esters is 1. The number of hydrogen-bond donors (Lipinski definition) is 1. The predicted octanol–water partition coefficient (Wildman–Crippen LogP) is 4.27. The number of ether oxygens (including phenoxy) is 2. The number of alkyl carbamates (subject to hydrolysis) is 1. The Hall–Kier alpha value is -2.37. The molecule has 0 saturated heterocycles. The molecule has 0 radical (unpaired) electrons. The van der Waals surface area contributed by atoms with Crippen LogP contribution in [-0.2, 0) is 25.7 Å². The van der Waals surface area contributed by atoms with Crippen molar-refractivity contribution in [2.75, 3.05) is 7.11 Å². The van der Waals surface area contributed by atoms with E-state index < -0.39 is 6.09 Å². The van der Waals surface area contributed by atoms with Crippen molar-refractivity contribution in [3.05, 3.63) is 35.9 Å². The quantitative estimate of drug-likeness (QED) is 0.339. The second kappa shape index (κ2) is 12.2. The molecule has 1 aliphatic carbocycles. The van der Waals surface area contributed by atoms with Crippen molar-refractivity contribution in [1.29, 1.82) is 0 Å². The first kappa shape index (κ1) is 22.9. The highest BCUT2D eigenvalue weighted by atomic mass is 16.5. The Morgan fingerprint density at radius 3 is 2.55 bits per heavy atom. The molecule has 2 rings (SSSR count). The maximum atomic E-state index is 12.2. The molecule has 6 nitrogen and oxygen atoms in total. The zero-order valence-electron chi connectivity index (χ0n) is 17.5. The summed E-state index contributed by atoms with van der Waals surface area (Å²) in [6.07, 6.45) is 6.60. The van der Waals surface area contributed by atoms with Gasteiger partial charge in [0.2, 0.25) is 0 Å². The molecule has 1 N–H and O–H groups in total. The van der Waals surface area contributed by atoms with Crippen LogP contribution in [0.25, 0.3) is 0 Å². The largest absolute Gasteiger partial charge is 0.469 e. The molecule has 0 aliphatic heterocycles. The van der Waals surface area contributed by atoms with E-state index in [1.807, 2.05) is 30.3 Å². The average molecular weight is 404 g/mol. The Balaban J connectivity index is 1.72. The SMILES string of the molecule is COC(=O)CCCCCC[C@H]1[C@@H](C)CC(NC(=O)OCc2ccccc2)[C@@H]1C=O. The summed E-state index contributed by atoms with van der Waals surface area (Å²) in [5, 5.41) is 2.90. The highest BCUT2D eigenvalue weighted by molar-refractivity contribution is 5.69. The molecule has 0 heterocycles. The lowest BCUT2D eigenvalue weighted by Crippen LogP contribution is -2.39. The van der Waals surface area contributed by atoms with E-state index >= 15 is 0 Å². The zero-order chi connectivity index (χ0) is 21.1. The molecule has 1 aromatic rings. The topological polar surface area (TPSA) is 81.7 Å². The van der Waals surface area contributed by atoms with Gasteiger partial charge >= 0.3 is 12.1 Å². The maximum absolute atomic E-state index is 12.2. The van der Waals surface area contributed by atoms with Crippen LogP contribution in [0.3, 0.4) is 0 Å². The second-order valence-corrected chi connectivity index (χ2v) is 7.93. The first-order valence-electron chi connectivity index (χ1n) is 10.5. The van der Waals surface area contributed by atoms with E-state index in [1.165, 1.54) is 7.11 Å². The molecule has 1 amide bonds. The molecule has 1 fully saturated rings. The number of hydrogen-bond acceptors (Lipinski definition) is 5. The van der Waals surface area contributed by atoms with Crippen LogP contribution >= 0.6 is 0 Å². The van der Waals surface area contributed by atoms with Crippen molar-refractivity contribution in [2.24, 2.45) is 17.8 Å². The molecule has 160 valence electrons. The van der Waals surface area contributed by atoms with E-state index in [2.05, 4.69) is 17.0 Å². The van der Waals surface area contributed by atoms with Crippen molar-refractivity contribution >= 4 is 18.3 Å². The molecule has 1 saturated carbocycles. The molecule has 29 heavy (non-hydrogen) atoms. The Morgan fingerprint density at radius 2 is 1.86 bits per heavy atom. The molecular weight excluding hydrogens is 370 g/mol. The van der Waals surface area contributed by atoms with Gasteiger partial charge in [-0.15, -0.1) is 0 Å². The average Bonchev–Trinajstić information content (AvgIpc) is 3.03. The smallest absolute Gasteiger partial charge is 0.407 e. The van der Waals surface area contributed by atoms with Crippen molar-refractivity contribution < 1.29 is 23.9 Å². The van der Waals surface area contributed by atoms with E-state index in [9.17, 15) is 14.4 Å². The van der Waals surface area contributed by atoms with Crippen LogP contribution in [-0.4, -0.2) is 31.5 Å². The minimum absolute atomic E-state index is 0.163. The summed E-state index contributed by atoms with van der Waals surface area (Å²) < 4.78 is 9.95. The molecule has 0 bridgehead atoms. The van der Waals surface area contributed by atoms with E-state index in [1.54, 1.807) is 0 Å². The van der Waals surface area contributed by atoms with Crippen LogP contribution in [0.4, 0.5) is 4.79 Å². The van der Waals surface area contributed by atoms with E-state index in [4.69, 9.17) is 4.74 Å². The maximum Gasteiger partial charge on any atom is 0.407 e. The van der Waals surface area contributed by atoms with Gasteiger partial charge in [0, 0.05) is 18.4 Å². The van der Waals surface area contributed by atoms with Gasteiger partial charge in [-0.1, -0.05) is 56.5 Å². The molecule has 4 atom stereocenters. The summed E-state index contributed by atoms with van der Waals surface area (Å²) in [5.41, 5.74) is 0.930. The standard InChI is InChI=1S/C23H33NO5/c1-17-14-21(24-23(27)29-16-18-10-6-5-7-11-18)20(15-25)19(17)12-8-3-4-9-13-22(26)28-2/h5-7,10-11,15,17,19-21H,3-4,8-9,12-14,16H2,1-2H3,(H,24,27)/t17-,19-,20+,21?/m0/s1. The van der Waals surface area contributed by atoms with Gasteiger partial charge in [0.1, 0.15) is 12.9 Å². The number of amides is 1. The van der Waals surface area contributed by atoms with E-state index in [0.29, 0.717) is 12.3 Å². The zero-order valence-corrected chi connectivity index (χ0v) is 17.5. The fourth-order valence-electron chi connectivity index (χ4n) is 4.26. The summed E-state index contributed by atoms with van der Waals surface area (Å²) in [7, 11) is 1.41. The van der Waals surface area contributed by atoms with Gasteiger partial charge in [-0.25, -0.2) is 4.79 Å². The predicted molar refractivity (Wildman–Crippen MR) is 110 cm³/mol. The minimum atomic E-state index is -0.471. The van der Waals surface area contributed by atoms with Gasteiger partial charge in [0.05, 0.1) is 7.11 Å². The van der Waals surface area contributed by atoms with E-state index in [-0.39, 0.29) is 30.5 Å². The molecule has 1 aliphatic rings. The number of aldehydes is 1. The Morgan fingerprint density at radius 1 is 1.14 bits per heavy atom. The second-order valence-electron chi connectivity index (χ2n) is 7.93. The van der Waals surface area contributed by atoms with E-state index in [0.717, 1.165) is 50.4 Å². The molecule has 6 heteroatoms. The van der Waals surface area contributed by atoms with Crippen LogP contribution < -0.4 is 5.32 Å². The summed E-state index contributed by atoms with van der Waals surface area (Å²) in [4.78, 5) is 35.0. The summed E-state index contributed by atoms with van der Waals surface area (Å²) in [5.74, 6) is 0.306. The minimum Gasteiger partial charge on any atom is -0.469 e. The van der Waals surface area contributed by atoms with Crippen LogP contribution in [0.5, 0.6) is 0 Å². The van der Waals surface area contributed by atoms with Crippen molar-refractivity contribution in [3.8, 4) is 0 Å². The van der Waals surface area contributed by atoms with Crippen LogP contribution in [0.1, 0.15) is 57.4 Å². The van der Waals surface area contributed by atoms with Gasteiger partial charge in [0.15, 0.2) is 0 Å². The Kier molecular flexibility index (Phi) is 9.68. The fraction of sp³-hybridized carbons (Fsp3) is 0.609. The third-order valence-electron chi connectivity index (χ3n) is 5.88. The summed E-state index contributed by atoms with van der Waals surface area (Å²) >= 11 is 0. The first-order chi connectivity index (χ1) is 14.0. The van der Waals surface area contributed by atoms with Gasteiger partial charge in [0.25, 0.3) is 0 Å². The van der Waals surface area contributed by atoms with Crippen LogP contribution in [0, 0.1) is 17.8 Å². The Bertz CT molecular complexity index is 648. The number of nitrogens with one attached hydrogen (secondary N) is 1. The molecule has 1 unspecified atom stereocenters. The first-order valence-corrected chi connectivity index (χ1v) is 10.5. The van der Waals surface area contributed by atoms with Gasteiger partial charge < -0.3 is 19.6 Å². The van der Waals surface area contributed by atoms with Gasteiger partial charge in [-0.2, -0.15) is 0 Å². The molecule has 1 aromatic carbocycles. The van der Waals surface area contributed by atoms with Gasteiger partial charge in [-0.05, 0) is 36.7 Å². The summed E-state index contributed by atoms with van der Waals surface area (Å²) in [6.45, 7) is 2.37. The third kappa shape index (κ3) is 7.52. The highest BCUT2D eigenvalue weighted by Crippen LogP contribution is 2.39. The number of benzene rings is 1. The lowest BCUT2D eigenvalue weighted by Gasteiger charge is -2.21. The molecular formula is C23H33NO5. The lowest BCUT2D eigenvalue weighted by molar-refractivity contribution is -0.140. The number of carbonyl (C=O) groups excluding carboxylic acids is 3. The lowest BCUT2D eigenvalue weighted by atomic mass is 9.85. The molecule has 0 spiro atoms. The molecule has 0 aromatic heterocycles.